The molecule has 4 rings (SSSR count). The third kappa shape index (κ3) is 3.15. The molecule has 0 spiro atoms. The van der Waals surface area contributed by atoms with Crippen molar-refractivity contribution < 1.29 is 19.4 Å². The second kappa shape index (κ2) is 6.52. The van der Waals surface area contributed by atoms with Gasteiger partial charge in [-0.2, -0.15) is 0 Å². The first-order valence-electron chi connectivity index (χ1n) is 8.72. The van der Waals surface area contributed by atoms with Crippen molar-refractivity contribution in [3.05, 3.63) is 40.5 Å². The Morgan fingerprint density at radius 1 is 1.23 bits per heavy atom. The summed E-state index contributed by atoms with van der Waals surface area (Å²) in [7, 11) is 0. The predicted octanol–water partition coefficient (Wildman–Crippen LogP) is 3.13. The molecular formula is C19H19ClN2O4. The van der Waals surface area contributed by atoms with Gasteiger partial charge in [0, 0.05) is 48.1 Å². The fraction of sp³-hybridized carbons (Fsp3) is 0.421. The third-order valence-electron chi connectivity index (χ3n) is 5.14. The first-order chi connectivity index (χ1) is 12.5. The molecule has 2 fully saturated rings. The molecule has 2 heterocycles. The van der Waals surface area contributed by atoms with Gasteiger partial charge in [-0.25, -0.2) is 4.79 Å². The van der Waals surface area contributed by atoms with Gasteiger partial charge in [0.15, 0.2) is 0 Å². The van der Waals surface area contributed by atoms with Gasteiger partial charge < -0.3 is 15.2 Å². The molecule has 0 atom stereocenters. The molecular weight excluding hydrogens is 356 g/mol. The number of hydrogen-bond donors (Lipinski definition) is 2. The number of nitrogens with one attached hydrogen (secondary N) is 1. The molecule has 7 heteroatoms. The van der Waals surface area contributed by atoms with Gasteiger partial charge in [0.1, 0.15) is 5.54 Å². The zero-order valence-corrected chi connectivity index (χ0v) is 14.9. The molecule has 0 radical (unpaired) electrons. The normalized spacial score (nSPS) is 19.3. The number of fused-ring (bicyclic) bond motifs is 1. The first-order valence-corrected chi connectivity index (χ1v) is 9.10. The lowest BCUT2D eigenvalue weighted by atomic mass is 9.89. The Morgan fingerprint density at radius 2 is 1.96 bits per heavy atom. The largest absolute Gasteiger partial charge is 0.480 e. The minimum atomic E-state index is -1.30. The van der Waals surface area contributed by atoms with E-state index in [9.17, 15) is 14.7 Å². The van der Waals surface area contributed by atoms with Crippen LogP contribution in [0.5, 0.6) is 0 Å². The molecule has 136 valence electrons. The van der Waals surface area contributed by atoms with E-state index in [1.54, 1.807) is 24.3 Å². The minimum Gasteiger partial charge on any atom is -0.480 e. The standard InChI is InChI=1S/C19H19ClN2O4/c20-12-3-4-15-13(9-12)14(10-16(21-15)11-1-2-11)17(23)22-19(18(24)25)5-7-26-8-6-19/h3-4,9-11H,1-2,5-8H2,(H,22,23)(H,24,25). The molecule has 1 saturated heterocycles. The van der Waals surface area contributed by atoms with Crippen LogP contribution in [0.1, 0.15) is 47.7 Å². The van der Waals surface area contributed by atoms with Crippen LogP contribution >= 0.6 is 11.6 Å². The second-order valence-electron chi connectivity index (χ2n) is 6.98. The highest BCUT2D eigenvalue weighted by molar-refractivity contribution is 6.31. The number of rotatable bonds is 4. The van der Waals surface area contributed by atoms with Gasteiger partial charge in [-0.05, 0) is 37.1 Å². The average molecular weight is 375 g/mol. The minimum absolute atomic E-state index is 0.243. The number of carbonyl (C=O) groups excluding carboxylic acids is 1. The van der Waals surface area contributed by atoms with Crippen LogP contribution in [-0.4, -0.2) is 40.7 Å². The highest BCUT2D eigenvalue weighted by Crippen LogP contribution is 2.40. The van der Waals surface area contributed by atoms with Crippen LogP contribution in [0.15, 0.2) is 24.3 Å². The number of hydrogen-bond acceptors (Lipinski definition) is 4. The molecule has 0 bridgehead atoms. The number of ether oxygens (including phenoxy) is 1. The lowest BCUT2D eigenvalue weighted by Crippen LogP contribution is -2.57. The van der Waals surface area contributed by atoms with Crippen LogP contribution in [0.25, 0.3) is 10.9 Å². The summed E-state index contributed by atoms with van der Waals surface area (Å²) in [6, 6.07) is 7.02. The molecule has 1 aliphatic heterocycles. The Labute approximate surface area is 155 Å². The van der Waals surface area contributed by atoms with Crippen LogP contribution in [0.2, 0.25) is 5.02 Å². The molecule has 2 aromatic rings. The van der Waals surface area contributed by atoms with E-state index in [0.29, 0.717) is 40.6 Å². The van der Waals surface area contributed by atoms with Crippen molar-refractivity contribution in [3.63, 3.8) is 0 Å². The Balaban J connectivity index is 1.75. The summed E-state index contributed by atoms with van der Waals surface area (Å²) in [5.74, 6) is -1.07. The van der Waals surface area contributed by atoms with Crippen molar-refractivity contribution in [3.8, 4) is 0 Å². The molecule has 1 aliphatic carbocycles. The first kappa shape index (κ1) is 17.2. The van der Waals surface area contributed by atoms with Crippen LogP contribution in [0.4, 0.5) is 0 Å². The van der Waals surface area contributed by atoms with E-state index in [4.69, 9.17) is 16.3 Å². The number of benzene rings is 1. The van der Waals surface area contributed by atoms with Crippen molar-refractivity contribution in [2.45, 2.75) is 37.1 Å². The summed E-state index contributed by atoms with van der Waals surface area (Å²) in [5, 5.41) is 13.6. The van der Waals surface area contributed by atoms with E-state index in [1.165, 1.54) is 0 Å². The maximum absolute atomic E-state index is 13.1. The fourth-order valence-corrected chi connectivity index (χ4v) is 3.56. The van der Waals surface area contributed by atoms with Crippen molar-refractivity contribution in [2.24, 2.45) is 0 Å². The van der Waals surface area contributed by atoms with Gasteiger partial charge in [-0.15, -0.1) is 0 Å². The zero-order valence-electron chi connectivity index (χ0n) is 14.1. The Hall–Kier alpha value is -2.18. The average Bonchev–Trinajstić information content (AvgIpc) is 3.46. The molecule has 1 saturated carbocycles. The van der Waals surface area contributed by atoms with E-state index < -0.39 is 17.4 Å². The summed E-state index contributed by atoms with van der Waals surface area (Å²) in [6.07, 6.45) is 2.60. The molecule has 1 aromatic heterocycles. The van der Waals surface area contributed by atoms with Gasteiger partial charge in [0.05, 0.1) is 11.1 Å². The number of aromatic nitrogens is 1. The number of halogens is 1. The Kier molecular flexibility index (Phi) is 4.32. The van der Waals surface area contributed by atoms with Crippen LogP contribution in [-0.2, 0) is 9.53 Å². The second-order valence-corrected chi connectivity index (χ2v) is 7.42. The monoisotopic (exact) mass is 374 g/mol. The maximum Gasteiger partial charge on any atom is 0.329 e. The topological polar surface area (TPSA) is 88.5 Å². The predicted molar refractivity (Wildman–Crippen MR) is 96.6 cm³/mol. The van der Waals surface area contributed by atoms with Crippen LogP contribution < -0.4 is 5.32 Å². The number of carboxylic acid groups (broad SMARTS) is 1. The molecule has 26 heavy (non-hydrogen) atoms. The van der Waals surface area contributed by atoms with E-state index in [0.717, 1.165) is 18.5 Å². The third-order valence-corrected chi connectivity index (χ3v) is 5.37. The summed E-state index contributed by atoms with van der Waals surface area (Å²) in [5.41, 5.74) is 0.691. The summed E-state index contributed by atoms with van der Waals surface area (Å²) >= 11 is 6.11. The molecule has 1 amide bonds. The number of carboxylic acids is 1. The van der Waals surface area contributed by atoms with E-state index in [-0.39, 0.29) is 12.8 Å². The summed E-state index contributed by atoms with van der Waals surface area (Å²) in [4.78, 5) is 29.5. The number of aliphatic carboxylic acids is 1. The SMILES string of the molecule is O=C(NC1(C(=O)O)CCOCC1)c1cc(C2CC2)nc2ccc(Cl)cc12. The summed E-state index contributed by atoms with van der Waals surface area (Å²) < 4.78 is 5.26. The summed E-state index contributed by atoms with van der Waals surface area (Å²) in [6.45, 7) is 0.617. The van der Waals surface area contributed by atoms with E-state index >= 15 is 0 Å². The van der Waals surface area contributed by atoms with Crippen molar-refractivity contribution in [1.29, 1.82) is 0 Å². The molecule has 0 unspecified atom stereocenters. The highest BCUT2D eigenvalue weighted by Gasteiger charge is 2.42. The number of nitrogens with zero attached hydrogens (tertiary/aromatic N) is 1. The zero-order chi connectivity index (χ0) is 18.3. The van der Waals surface area contributed by atoms with Crippen molar-refractivity contribution in [1.82, 2.24) is 10.3 Å². The molecule has 2 N–H and O–H groups in total. The van der Waals surface area contributed by atoms with E-state index in [2.05, 4.69) is 10.3 Å². The van der Waals surface area contributed by atoms with Gasteiger partial charge in [-0.3, -0.25) is 9.78 Å². The molecule has 1 aromatic carbocycles. The lowest BCUT2D eigenvalue weighted by molar-refractivity contribution is -0.148. The van der Waals surface area contributed by atoms with Crippen LogP contribution in [0, 0.1) is 0 Å². The smallest absolute Gasteiger partial charge is 0.329 e. The molecule has 6 nitrogen and oxygen atoms in total. The Morgan fingerprint density at radius 3 is 2.62 bits per heavy atom. The van der Waals surface area contributed by atoms with Gasteiger partial charge in [0.25, 0.3) is 5.91 Å². The maximum atomic E-state index is 13.1. The van der Waals surface area contributed by atoms with Gasteiger partial charge in [0.2, 0.25) is 0 Å². The fourth-order valence-electron chi connectivity index (χ4n) is 3.39. The van der Waals surface area contributed by atoms with E-state index in [1.807, 2.05) is 0 Å². The van der Waals surface area contributed by atoms with Gasteiger partial charge >= 0.3 is 5.97 Å². The van der Waals surface area contributed by atoms with Crippen LogP contribution in [0.3, 0.4) is 0 Å². The number of carbonyl (C=O) groups is 2. The Bertz CT molecular complexity index is 888. The number of amides is 1. The lowest BCUT2D eigenvalue weighted by Gasteiger charge is -2.34. The van der Waals surface area contributed by atoms with Gasteiger partial charge in [-0.1, -0.05) is 11.6 Å². The molecule has 2 aliphatic rings. The quantitative estimate of drug-likeness (QED) is 0.858. The van der Waals surface area contributed by atoms with Crippen molar-refractivity contribution >= 4 is 34.4 Å². The number of pyridine rings is 1. The van der Waals surface area contributed by atoms with Crippen molar-refractivity contribution in [2.75, 3.05) is 13.2 Å². The highest BCUT2D eigenvalue weighted by atomic mass is 35.5.